The van der Waals surface area contributed by atoms with E-state index >= 15 is 0 Å². The maximum Gasteiger partial charge on any atom is 0.251 e. The lowest BCUT2D eigenvalue weighted by Crippen LogP contribution is -2.36. The molecule has 9 heteroatoms. The van der Waals surface area contributed by atoms with Crippen LogP contribution in [0.3, 0.4) is 0 Å². The van der Waals surface area contributed by atoms with E-state index < -0.39 is 15.9 Å². The molecule has 2 aromatic rings. The molecule has 7 nitrogen and oxygen atoms in total. The van der Waals surface area contributed by atoms with Crippen LogP contribution in [-0.2, 0) is 21.4 Å². The van der Waals surface area contributed by atoms with Crippen molar-refractivity contribution in [3.63, 3.8) is 0 Å². The number of nitrogens with zero attached hydrogens (tertiary/aromatic N) is 1. The Morgan fingerprint density at radius 2 is 1.69 bits per heavy atom. The first kappa shape index (κ1) is 22.9. The number of carbonyl (C=O) groups is 2. The molecule has 0 aliphatic carbocycles. The Hall–Kier alpha value is -2.42. The number of hydrogen-bond donors (Lipinski definition) is 2. The first-order valence-electron chi connectivity index (χ1n) is 9.18. The highest BCUT2D eigenvalue weighted by molar-refractivity contribution is 7.89. The maximum absolute atomic E-state index is 12.6. The van der Waals surface area contributed by atoms with Crippen molar-refractivity contribution in [1.29, 1.82) is 0 Å². The third-order valence-electron chi connectivity index (χ3n) is 4.28. The van der Waals surface area contributed by atoms with Crippen LogP contribution in [0.1, 0.15) is 29.8 Å². The maximum atomic E-state index is 12.6. The van der Waals surface area contributed by atoms with Crippen molar-refractivity contribution in [2.45, 2.75) is 25.3 Å². The van der Waals surface area contributed by atoms with Crippen LogP contribution >= 0.6 is 11.6 Å². The molecule has 156 valence electrons. The zero-order valence-electron chi connectivity index (χ0n) is 16.3. The Morgan fingerprint density at radius 3 is 2.34 bits per heavy atom. The molecular formula is C20H24ClN3O4S. The molecule has 0 atom stereocenters. The molecule has 29 heavy (non-hydrogen) atoms. The average molecular weight is 438 g/mol. The van der Waals surface area contributed by atoms with Gasteiger partial charge in [-0.15, -0.1) is 0 Å². The molecule has 2 aromatic carbocycles. The molecule has 0 aliphatic heterocycles. The first-order valence-corrected chi connectivity index (χ1v) is 11.0. The third kappa shape index (κ3) is 6.03. The van der Waals surface area contributed by atoms with E-state index in [1.54, 1.807) is 32.0 Å². The average Bonchev–Trinajstić information content (AvgIpc) is 2.72. The fourth-order valence-electron chi connectivity index (χ4n) is 2.67. The van der Waals surface area contributed by atoms with Gasteiger partial charge < -0.3 is 10.6 Å². The molecule has 2 N–H and O–H groups in total. The van der Waals surface area contributed by atoms with Crippen LogP contribution in [0.25, 0.3) is 0 Å². The summed E-state index contributed by atoms with van der Waals surface area (Å²) in [5.74, 6) is -0.917. The Kier molecular flexibility index (Phi) is 8.19. The van der Waals surface area contributed by atoms with E-state index in [2.05, 4.69) is 10.6 Å². The van der Waals surface area contributed by atoms with Crippen LogP contribution in [0.2, 0.25) is 5.02 Å². The first-order chi connectivity index (χ1) is 13.8. The highest BCUT2D eigenvalue weighted by Crippen LogP contribution is 2.17. The van der Waals surface area contributed by atoms with E-state index in [1.807, 2.05) is 6.07 Å². The van der Waals surface area contributed by atoms with E-state index in [4.69, 9.17) is 11.6 Å². The smallest absolute Gasteiger partial charge is 0.251 e. The number of carbonyl (C=O) groups excluding carboxylic acids is 2. The molecule has 0 aliphatic rings. The van der Waals surface area contributed by atoms with E-state index in [1.165, 1.54) is 28.6 Å². The normalized spacial score (nSPS) is 11.3. The minimum atomic E-state index is -3.67. The van der Waals surface area contributed by atoms with Crippen LogP contribution in [0.15, 0.2) is 53.4 Å². The summed E-state index contributed by atoms with van der Waals surface area (Å²) >= 11 is 6.04. The quantitative estimate of drug-likeness (QED) is 0.629. The minimum Gasteiger partial charge on any atom is -0.350 e. The lowest BCUT2D eigenvalue weighted by Gasteiger charge is -2.18. The minimum absolute atomic E-state index is 0.0389. The number of halogens is 1. The van der Waals surface area contributed by atoms with Crippen LogP contribution < -0.4 is 10.6 Å². The van der Waals surface area contributed by atoms with E-state index in [0.717, 1.165) is 5.56 Å². The molecule has 2 rings (SSSR count). The highest BCUT2D eigenvalue weighted by Gasteiger charge is 2.22. The van der Waals surface area contributed by atoms with Crippen molar-refractivity contribution in [3.05, 3.63) is 64.7 Å². The van der Waals surface area contributed by atoms with Gasteiger partial charge in [0, 0.05) is 30.2 Å². The Bertz CT molecular complexity index is 975. The van der Waals surface area contributed by atoms with Crippen LogP contribution in [-0.4, -0.2) is 44.2 Å². The number of rotatable bonds is 9. The standard InChI is InChI=1S/C20H24ClN3O4S/c1-3-24(4-2)29(27,28)17-10-7-9-15(12-17)20(26)23-14-19(25)22-13-16-8-5-6-11-18(16)21/h5-12H,3-4,13-14H2,1-2H3,(H,22,25)(H,23,26). The summed E-state index contributed by atoms with van der Waals surface area (Å²) in [6, 6.07) is 12.9. The number of benzene rings is 2. The summed E-state index contributed by atoms with van der Waals surface area (Å²) in [6.45, 7) is 4.17. The number of hydrogen-bond acceptors (Lipinski definition) is 4. The van der Waals surface area contributed by atoms with Gasteiger partial charge in [-0.2, -0.15) is 4.31 Å². The second kappa shape index (κ2) is 10.4. The van der Waals surface area contributed by atoms with Crippen molar-refractivity contribution >= 4 is 33.4 Å². The van der Waals surface area contributed by atoms with Gasteiger partial charge >= 0.3 is 0 Å². The lowest BCUT2D eigenvalue weighted by atomic mass is 10.2. The van der Waals surface area contributed by atoms with Gasteiger partial charge in [-0.1, -0.05) is 49.7 Å². The Balaban J connectivity index is 1.97. The van der Waals surface area contributed by atoms with Gasteiger partial charge in [-0.25, -0.2) is 8.42 Å². The fraction of sp³-hybridized carbons (Fsp3) is 0.300. The highest BCUT2D eigenvalue weighted by atomic mass is 35.5. The van der Waals surface area contributed by atoms with Crippen molar-refractivity contribution in [2.24, 2.45) is 0 Å². The van der Waals surface area contributed by atoms with Crippen molar-refractivity contribution in [2.75, 3.05) is 19.6 Å². The number of amides is 2. The van der Waals surface area contributed by atoms with Gasteiger partial charge in [-0.05, 0) is 29.8 Å². The van der Waals surface area contributed by atoms with Gasteiger partial charge in [-0.3, -0.25) is 9.59 Å². The number of nitrogens with one attached hydrogen (secondary N) is 2. The second-order valence-corrected chi connectivity index (χ2v) is 8.51. The van der Waals surface area contributed by atoms with Crippen LogP contribution in [0.5, 0.6) is 0 Å². The zero-order chi connectivity index (χ0) is 21.4. The van der Waals surface area contributed by atoms with Crippen molar-refractivity contribution in [3.8, 4) is 0 Å². The fourth-order valence-corrected chi connectivity index (χ4v) is 4.38. The van der Waals surface area contributed by atoms with Gasteiger partial charge in [0.1, 0.15) is 0 Å². The summed E-state index contributed by atoms with van der Waals surface area (Å²) in [5, 5.41) is 5.71. The van der Waals surface area contributed by atoms with Gasteiger partial charge in [0.05, 0.1) is 11.4 Å². The lowest BCUT2D eigenvalue weighted by molar-refractivity contribution is -0.120. The molecule has 0 aromatic heterocycles. The predicted molar refractivity (Wildman–Crippen MR) is 112 cm³/mol. The Morgan fingerprint density at radius 1 is 1.00 bits per heavy atom. The summed E-state index contributed by atoms with van der Waals surface area (Å²) in [5.41, 5.74) is 0.931. The molecule has 0 bridgehead atoms. The molecule has 0 saturated carbocycles. The number of sulfonamides is 1. The molecular weight excluding hydrogens is 414 g/mol. The van der Waals surface area contributed by atoms with Gasteiger partial charge in [0.2, 0.25) is 15.9 Å². The second-order valence-electron chi connectivity index (χ2n) is 6.17. The molecule has 0 spiro atoms. The SMILES string of the molecule is CCN(CC)S(=O)(=O)c1cccc(C(=O)NCC(=O)NCc2ccccc2Cl)c1. The van der Waals surface area contributed by atoms with E-state index in [-0.39, 0.29) is 29.5 Å². The van der Waals surface area contributed by atoms with Gasteiger partial charge in [0.15, 0.2) is 0 Å². The van der Waals surface area contributed by atoms with Crippen LogP contribution in [0.4, 0.5) is 0 Å². The molecule has 2 amide bonds. The molecule has 0 fully saturated rings. The summed E-state index contributed by atoms with van der Waals surface area (Å²) in [6.07, 6.45) is 0. The largest absolute Gasteiger partial charge is 0.350 e. The van der Waals surface area contributed by atoms with E-state index in [0.29, 0.717) is 18.1 Å². The third-order valence-corrected chi connectivity index (χ3v) is 6.70. The van der Waals surface area contributed by atoms with Crippen molar-refractivity contribution in [1.82, 2.24) is 14.9 Å². The van der Waals surface area contributed by atoms with Gasteiger partial charge in [0.25, 0.3) is 5.91 Å². The zero-order valence-corrected chi connectivity index (χ0v) is 17.9. The van der Waals surface area contributed by atoms with Crippen molar-refractivity contribution < 1.29 is 18.0 Å². The summed E-state index contributed by atoms with van der Waals surface area (Å²) < 4.78 is 26.5. The molecule has 0 unspecified atom stereocenters. The monoisotopic (exact) mass is 437 g/mol. The predicted octanol–water partition coefficient (Wildman–Crippen LogP) is 2.42. The topological polar surface area (TPSA) is 95.6 Å². The summed E-state index contributed by atoms with van der Waals surface area (Å²) in [7, 11) is -3.67. The molecule has 0 heterocycles. The Labute approximate surface area is 176 Å². The summed E-state index contributed by atoms with van der Waals surface area (Å²) in [4.78, 5) is 24.4. The van der Waals surface area contributed by atoms with E-state index in [9.17, 15) is 18.0 Å². The molecule has 0 radical (unpaired) electrons. The molecule has 0 saturated heterocycles. The van der Waals surface area contributed by atoms with Crippen LogP contribution in [0, 0.1) is 0 Å².